The zero-order valence-electron chi connectivity index (χ0n) is 14.5. The zero-order valence-corrected chi connectivity index (χ0v) is 14.5. The van der Waals surface area contributed by atoms with Gasteiger partial charge in [0.05, 0.1) is 5.41 Å². The van der Waals surface area contributed by atoms with Crippen molar-refractivity contribution in [2.45, 2.75) is 72.3 Å². The van der Waals surface area contributed by atoms with E-state index in [0.29, 0.717) is 6.04 Å². The fourth-order valence-corrected chi connectivity index (χ4v) is 3.88. The minimum atomic E-state index is -0.265. The first-order chi connectivity index (χ1) is 9.88. The quantitative estimate of drug-likeness (QED) is 0.842. The van der Waals surface area contributed by atoms with Crippen LogP contribution in [-0.4, -0.2) is 36.5 Å². The Hall–Kier alpha value is -0.570. The van der Waals surface area contributed by atoms with E-state index in [-0.39, 0.29) is 11.3 Å². The van der Waals surface area contributed by atoms with Crippen LogP contribution in [0.2, 0.25) is 0 Å². The third-order valence-corrected chi connectivity index (χ3v) is 5.48. The molecule has 21 heavy (non-hydrogen) atoms. The van der Waals surface area contributed by atoms with E-state index in [1.807, 2.05) is 0 Å². The maximum atomic E-state index is 12.6. The molecule has 1 saturated heterocycles. The summed E-state index contributed by atoms with van der Waals surface area (Å²) >= 11 is 0. The Morgan fingerprint density at radius 1 is 1.14 bits per heavy atom. The van der Waals surface area contributed by atoms with E-state index in [1.54, 1.807) is 0 Å². The van der Waals surface area contributed by atoms with Crippen LogP contribution in [0, 0.1) is 17.3 Å². The smallest absolute Gasteiger partial charge is 0.227 e. The lowest BCUT2D eigenvalue weighted by atomic mass is 9.79. The van der Waals surface area contributed by atoms with Gasteiger partial charge in [-0.15, -0.1) is 0 Å². The molecule has 1 amide bonds. The normalized spacial score (nSPS) is 28.0. The minimum absolute atomic E-state index is 0.252. The van der Waals surface area contributed by atoms with Crippen LogP contribution in [0.15, 0.2) is 0 Å². The number of hydrogen-bond acceptors (Lipinski definition) is 2. The Kier molecular flexibility index (Phi) is 5.70. The first kappa shape index (κ1) is 16.8. The summed E-state index contributed by atoms with van der Waals surface area (Å²) in [7, 11) is 0. The molecular formula is C18H34N2O. The fourth-order valence-electron chi connectivity index (χ4n) is 3.88. The van der Waals surface area contributed by atoms with Gasteiger partial charge >= 0.3 is 0 Å². The van der Waals surface area contributed by atoms with Crippen LogP contribution in [0.1, 0.15) is 66.2 Å². The molecule has 2 rings (SSSR count). The van der Waals surface area contributed by atoms with Crippen molar-refractivity contribution in [1.82, 2.24) is 10.2 Å². The van der Waals surface area contributed by atoms with Crippen LogP contribution in [0.4, 0.5) is 0 Å². The van der Waals surface area contributed by atoms with E-state index < -0.39 is 0 Å². The lowest BCUT2D eigenvalue weighted by Crippen LogP contribution is -2.48. The molecule has 0 spiro atoms. The van der Waals surface area contributed by atoms with E-state index in [2.05, 4.69) is 37.9 Å². The van der Waals surface area contributed by atoms with Crippen LogP contribution in [0.5, 0.6) is 0 Å². The molecular weight excluding hydrogens is 260 g/mol. The summed E-state index contributed by atoms with van der Waals surface area (Å²) in [5.74, 6) is 1.89. The maximum absolute atomic E-state index is 12.6. The van der Waals surface area contributed by atoms with Gasteiger partial charge in [-0.1, -0.05) is 13.8 Å². The molecule has 0 unspecified atom stereocenters. The summed E-state index contributed by atoms with van der Waals surface area (Å²) in [5, 5.41) is 3.33. The molecule has 0 aromatic carbocycles. The first-order valence-corrected chi connectivity index (χ1v) is 8.92. The Balaban J connectivity index is 1.78. The predicted molar refractivity (Wildman–Crippen MR) is 88.2 cm³/mol. The molecule has 2 aliphatic rings. The largest absolute Gasteiger partial charge is 0.353 e. The third kappa shape index (κ3) is 4.70. The number of amides is 1. The van der Waals surface area contributed by atoms with Crippen LogP contribution < -0.4 is 5.32 Å². The van der Waals surface area contributed by atoms with E-state index in [9.17, 15) is 4.79 Å². The van der Waals surface area contributed by atoms with E-state index >= 15 is 0 Å². The van der Waals surface area contributed by atoms with Crippen molar-refractivity contribution in [3.63, 3.8) is 0 Å². The van der Waals surface area contributed by atoms with Gasteiger partial charge in [0, 0.05) is 12.6 Å². The van der Waals surface area contributed by atoms with Crippen molar-refractivity contribution < 1.29 is 4.79 Å². The number of nitrogens with one attached hydrogen (secondary N) is 1. The number of carbonyl (C=O) groups is 1. The van der Waals surface area contributed by atoms with E-state index in [0.717, 1.165) is 44.3 Å². The SMILES string of the molecule is CC(C)[C@H]1CC[C@H](NC(=O)C(C)(C)CN2CCCC2)CC1. The molecule has 0 aromatic heterocycles. The second-order valence-corrected chi connectivity index (χ2v) is 8.20. The lowest BCUT2D eigenvalue weighted by molar-refractivity contribution is -0.131. The lowest BCUT2D eigenvalue weighted by Gasteiger charge is -2.34. The maximum Gasteiger partial charge on any atom is 0.227 e. The van der Waals surface area contributed by atoms with Gasteiger partial charge < -0.3 is 10.2 Å². The Labute approximate surface area is 130 Å². The molecule has 1 heterocycles. The van der Waals surface area contributed by atoms with Crippen LogP contribution in [0.25, 0.3) is 0 Å². The van der Waals surface area contributed by atoms with Crippen molar-refractivity contribution in [2.24, 2.45) is 17.3 Å². The summed E-state index contributed by atoms with van der Waals surface area (Å²) < 4.78 is 0. The van der Waals surface area contributed by atoms with Crippen molar-refractivity contribution in [3.05, 3.63) is 0 Å². The Morgan fingerprint density at radius 2 is 1.71 bits per heavy atom. The third-order valence-electron chi connectivity index (χ3n) is 5.48. The minimum Gasteiger partial charge on any atom is -0.353 e. The molecule has 0 bridgehead atoms. The van der Waals surface area contributed by atoms with Gasteiger partial charge in [0.1, 0.15) is 0 Å². The fraction of sp³-hybridized carbons (Fsp3) is 0.944. The molecule has 1 aliphatic carbocycles. The van der Waals surface area contributed by atoms with Crippen LogP contribution in [-0.2, 0) is 4.79 Å². The van der Waals surface area contributed by atoms with Gasteiger partial charge in [0.25, 0.3) is 0 Å². The highest BCUT2D eigenvalue weighted by atomic mass is 16.2. The highest BCUT2D eigenvalue weighted by Crippen LogP contribution is 2.30. The summed E-state index contributed by atoms with van der Waals surface area (Å²) in [5.41, 5.74) is -0.265. The van der Waals surface area contributed by atoms with Gasteiger partial charge in [-0.2, -0.15) is 0 Å². The Bertz CT molecular complexity index is 337. The second-order valence-electron chi connectivity index (χ2n) is 8.20. The average Bonchev–Trinajstić information content (AvgIpc) is 2.91. The number of carbonyl (C=O) groups excluding carboxylic acids is 1. The number of hydrogen-bond donors (Lipinski definition) is 1. The molecule has 2 fully saturated rings. The number of rotatable bonds is 5. The van der Waals surface area contributed by atoms with Gasteiger partial charge in [-0.3, -0.25) is 4.79 Å². The van der Waals surface area contributed by atoms with Gasteiger partial charge in [-0.25, -0.2) is 0 Å². The summed E-state index contributed by atoms with van der Waals surface area (Å²) in [6, 6.07) is 0.408. The molecule has 0 radical (unpaired) electrons. The summed E-state index contributed by atoms with van der Waals surface area (Å²) in [6.45, 7) is 12.1. The second kappa shape index (κ2) is 7.13. The number of nitrogens with zero attached hydrogens (tertiary/aromatic N) is 1. The Morgan fingerprint density at radius 3 is 2.24 bits per heavy atom. The van der Waals surface area contributed by atoms with Crippen molar-refractivity contribution in [3.8, 4) is 0 Å². The zero-order chi connectivity index (χ0) is 15.5. The molecule has 3 heteroatoms. The van der Waals surface area contributed by atoms with Gasteiger partial charge in [0.15, 0.2) is 0 Å². The highest BCUT2D eigenvalue weighted by Gasteiger charge is 2.33. The standard InChI is InChI=1S/C18H34N2O/c1-14(2)15-7-9-16(10-8-15)19-17(21)18(3,4)13-20-11-5-6-12-20/h14-16H,5-13H2,1-4H3,(H,19,21)/t15-,16-. The summed E-state index contributed by atoms with van der Waals surface area (Å²) in [4.78, 5) is 15.0. The molecule has 1 N–H and O–H groups in total. The molecule has 122 valence electrons. The molecule has 1 saturated carbocycles. The van der Waals surface area contributed by atoms with Crippen molar-refractivity contribution in [1.29, 1.82) is 0 Å². The predicted octanol–water partition coefficient (Wildman–Crippen LogP) is 3.44. The van der Waals surface area contributed by atoms with Crippen LogP contribution in [0.3, 0.4) is 0 Å². The van der Waals surface area contributed by atoms with E-state index in [1.165, 1.54) is 25.7 Å². The van der Waals surface area contributed by atoms with Gasteiger partial charge in [0.2, 0.25) is 5.91 Å². The van der Waals surface area contributed by atoms with Crippen molar-refractivity contribution >= 4 is 5.91 Å². The average molecular weight is 294 g/mol. The molecule has 1 aliphatic heterocycles. The highest BCUT2D eigenvalue weighted by molar-refractivity contribution is 5.82. The van der Waals surface area contributed by atoms with Crippen LogP contribution >= 0.6 is 0 Å². The molecule has 0 atom stereocenters. The van der Waals surface area contributed by atoms with Gasteiger partial charge in [-0.05, 0) is 77.3 Å². The summed E-state index contributed by atoms with van der Waals surface area (Å²) in [6.07, 6.45) is 7.45. The monoisotopic (exact) mass is 294 g/mol. The topological polar surface area (TPSA) is 32.3 Å². The van der Waals surface area contributed by atoms with Crippen molar-refractivity contribution in [2.75, 3.05) is 19.6 Å². The van der Waals surface area contributed by atoms with E-state index in [4.69, 9.17) is 0 Å². The number of likely N-dealkylation sites (tertiary alicyclic amines) is 1. The molecule has 0 aromatic rings. The first-order valence-electron chi connectivity index (χ1n) is 8.92. The molecule has 3 nitrogen and oxygen atoms in total.